The van der Waals surface area contributed by atoms with Crippen molar-refractivity contribution in [3.8, 4) is 5.75 Å². The van der Waals surface area contributed by atoms with Gasteiger partial charge in [-0.05, 0) is 127 Å². The van der Waals surface area contributed by atoms with Crippen molar-refractivity contribution < 1.29 is 29.1 Å². The van der Waals surface area contributed by atoms with Gasteiger partial charge in [0.15, 0.2) is 0 Å². The van der Waals surface area contributed by atoms with Crippen molar-refractivity contribution in [2.24, 2.45) is 17.8 Å². The first-order valence-electron chi connectivity index (χ1n) is 16.8. The monoisotopic (exact) mass is 689 g/mol. The number of imide groups is 1. The number of pyridine rings is 1. The summed E-state index contributed by atoms with van der Waals surface area (Å²) in [6, 6.07) is 27.6. The first-order valence-corrected chi connectivity index (χ1v) is 17.1. The van der Waals surface area contributed by atoms with E-state index in [4.69, 9.17) is 21.0 Å². The fourth-order valence-corrected chi connectivity index (χ4v) is 7.87. The molecular weight excluding hydrogens is 653 g/mol. The number of rotatable bonds is 10. The number of fused-ring (bicyclic) bond motifs is 3. The third-order valence-electron chi connectivity index (χ3n) is 9.80. The van der Waals surface area contributed by atoms with Crippen LogP contribution >= 0.6 is 11.6 Å². The average Bonchev–Trinajstić information content (AvgIpc) is 3.37. The van der Waals surface area contributed by atoms with Crippen LogP contribution in [0.25, 0.3) is 11.6 Å². The third-order valence-corrected chi connectivity index (χ3v) is 10.1. The number of nitrogens with one attached hydrogen (secondary N) is 1. The van der Waals surface area contributed by atoms with Crippen LogP contribution in [0.1, 0.15) is 30.5 Å². The topological polar surface area (TPSA) is 121 Å². The minimum absolute atomic E-state index is 0.0750. The largest absolute Gasteiger partial charge is 0.508 e. The number of aromatic hydroxyl groups is 1. The standard InChI is InChI=1S/C39H37BClN3O6/c1-49-23-26-20-31-37(39(47)44(38(31)46)29-14-12-28(13-15-29)43-27-7-3-2-4-8-27)32-22-40(48)50-35(36(26)32)17-11-25(34-9-5-6-18-42-34)19-24-10-16-30(45)21-33(24)41/h2-10,12-16,18-19,21,31-32,35,37,43,45,48H,11,17,20,22-23H2,1H3/b25-19-/t31-,32+,35-,37-/m1/s1. The van der Waals surface area contributed by atoms with Gasteiger partial charge in [0.25, 0.3) is 0 Å². The number of phenols is 1. The molecule has 4 aromatic rings. The number of aromatic nitrogens is 1. The number of benzene rings is 3. The summed E-state index contributed by atoms with van der Waals surface area (Å²) >= 11 is 6.48. The van der Waals surface area contributed by atoms with Crippen LogP contribution in [-0.2, 0) is 19.0 Å². The number of allylic oxidation sites excluding steroid dienone is 1. The minimum atomic E-state index is -1.11. The van der Waals surface area contributed by atoms with Gasteiger partial charge in [-0.1, -0.05) is 35.9 Å². The Balaban J connectivity index is 1.16. The van der Waals surface area contributed by atoms with Gasteiger partial charge >= 0.3 is 7.12 Å². The molecule has 2 aliphatic heterocycles. The highest BCUT2D eigenvalue weighted by molar-refractivity contribution is 6.43. The maximum atomic E-state index is 14.2. The number of para-hydroxylation sites is 1. The Morgan fingerprint density at radius 2 is 1.78 bits per heavy atom. The molecule has 3 aromatic carbocycles. The van der Waals surface area contributed by atoms with Crippen molar-refractivity contribution in [1.82, 2.24) is 4.98 Å². The summed E-state index contributed by atoms with van der Waals surface area (Å²) < 4.78 is 11.8. The van der Waals surface area contributed by atoms with Crippen LogP contribution in [0.5, 0.6) is 5.75 Å². The van der Waals surface area contributed by atoms with Crippen molar-refractivity contribution in [3.63, 3.8) is 0 Å². The normalized spacial score (nSPS) is 22.1. The number of hydrogen-bond donors (Lipinski definition) is 3. The van der Waals surface area contributed by atoms with E-state index in [-0.39, 0.29) is 29.8 Å². The summed E-state index contributed by atoms with van der Waals surface area (Å²) in [5.74, 6) is -1.99. The van der Waals surface area contributed by atoms with Gasteiger partial charge in [-0.3, -0.25) is 19.5 Å². The van der Waals surface area contributed by atoms with Crippen LogP contribution < -0.4 is 10.2 Å². The highest BCUT2D eigenvalue weighted by Crippen LogP contribution is 2.51. The number of anilines is 3. The number of amides is 2. The molecule has 50 heavy (non-hydrogen) atoms. The molecular formula is C39H37BClN3O6. The number of carbonyl (C=O) groups is 2. The first-order chi connectivity index (χ1) is 24.3. The van der Waals surface area contributed by atoms with Crippen LogP contribution in [0.4, 0.5) is 17.1 Å². The Kier molecular flexibility index (Phi) is 9.87. The zero-order chi connectivity index (χ0) is 34.8. The molecule has 0 unspecified atom stereocenters. The van der Waals surface area contributed by atoms with Gasteiger partial charge in [0.1, 0.15) is 5.75 Å². The van der Waals surface area contributed by atoms with E-state index in [0.29, 0.717) is 36.6 Å². The van der Waals surface area contributed by atoms with Crippen LogP contribution in [0, 0.1) is 17.8 Å². The summed E-state index contributed by atoms with van der Waals surface area (Å²) in [6.07, 6.45) is 4.73. The molecule has 1 aromatic heterocycles. The van der Waals surface area contributed by atoms with Crippen LogP contribution in [0.15, 0.2) is 108 Å². The van der Waals surface area contributed by atoms with E-state index in [0.717, 1.165) is 39.4 Å². The Morgan fingerprint density at radius 3 is 2.50 bits per heavy atom. The predicted molar refractivity (Wildman–Crippen MR) is 195 cm³/mol. The van der Waals surface area contributed by atoms with Crippen molar-refractivity contribution in [1.29, 1.82) is 0 Å². The SMILES string of the molecule is COCC1=C2[C@@H](CC/C(=C/c3ccc(O)cc3Cl)c3ccccn3)OB(O)C[C@@H]2[C@@H]2C(=O)N(c3ccc(Nc4ccccc4)cc3)C(=O)[C@@H]2C1. The van der Waals surface area contributed by atoms with Gasteiger partial charge in [0.2, 0.25) is 11.8 Å². The fourth-order valence-electron chi connectivity index (χ4n) is 7.64. The van der Waals surface area contributed by atoms with E-state index in [1.807, 2.05) is 66.7 Å². The second-order valence-electron chi connectivity index (χ2n) is 12.9. The number of methoxy groups -OCH3 is 1. The zero-order valence-electron chi connectivity index (χ0n) is 27.5. The highest BCUT2D eigenvalue weighted by atomic mass is 35.5. The summed E-state index contributed by atoms with van der Waals surface area (Å²) in [5.41, 5.74) is 6.55. The second kappa shape index (κ2) is 14.6. The molecule has 3 N–H and O–H groups in total. The molecule has 11 heteroatoms. The highest BCUT2D eigenvalue weighted by Gasteiger charge is 2.57. The Morgan fingerprint density at radius 1 is 1.02 bits per heavy atom. The number of ether oxygens (including phenoxy) is 1. The van der Waals surface area contributed by atoms with Crippen LogP contribution in [0.3, 0.4) is 0 Å². The van der Waals surface area contributed by atoms with E-state index in [1.54, 1.807) is 37.6 Å². The Bertz CT molecular complexity index is 1940. The molecule has 254 valence electrons. The Hall–Kier alpha value is -4.74. The van der Waals surface area contributed by atoms with Gasteiger partial charge in [-0.2, -0.15) is 0 Å². The first kappa shape index (κ1) is 33.7. The molecule has 0 bridgehead atoms. The average molecular weight is 690 g/mol. The number of nitrogens with zero attached hydrogens (tertiary/aromatic N) is 2. The summed E-state index contributed by atoms with van der Waals surface area (Å²) in [4.78, 5) is 34.1. The maximum Gasteiger partial charge on any atom is 0.455 e. The van der Waals surface area contributed by atoms with Crippen molar-refractivity contribution in [2.45, 2.75) is 31.7 Å². The van der Waals surface area contributed by atoms with Gasteiger partial charge in [0, 0.05) is 24.7 Å². The smallest absolute Gasteiger partial charge is 0.455 e. The molecule has 0 saturated carbocycles. The fraction of sp³-hybridized carbons (Fsp3) is 0.256. The zero-order valence-corrected chi connectivity index (χ0v) is 28.3. The molecule has 9 nitrogen and oxygen atoms in total. The van der Waals surface area contributed by atoms with Crippen molar-refractivity contribution in [2.75, 3.05) is 23.9 Å². The van der Waals surface area contributed by atoms with Gasteiger partial charge in [0.05, 0.1) is 41.0 Å². The second-order valence-corrected chi connectivity index (χ2v) is 13.3. The van der Waals surface area contributed by atoms with E-state index in [2.05, 4.69) is 10.3 Å². The molecule has 1 aliphatic carbocycles. The van der Waals surface area contributed by atoms with Gasteiger partial charge < -0.3 is 24.8 Å². The molecule has 0 radical (unpaired) electrons. The van der Waals surface area contributed by atoms with E-state index < -0.39 is 25.1 Å². The third kappa shape index (κ3) is 6.84. The molecule has 2 saturated heterocycles. The molecule has 3 heterocycles. The summed E-state index contributed by atoms with van der Waals surface area (Å²) in [6.45, 7) is 0.290. The number of carbonyl (C=O) groups excluding carboxylic acids is 2. The molecule has 2 amide bonds. The molecule has 0 spiro atoms. The molecule has 7 rings (SSSR count). The van der Waals surface area contributed by atoms with E-state index in [1.165, 1.54) is 11.0 Å². The number of halogens is 1. The number of phenolic OH excluding ortho intramolecular Hbond substituents is 1. The summed E-state index contributed by atoms with van der Waals surface area (Å²) in [5, 5.41) is 24.7. The van der Waals surface area contributed by atoms with Gasteiger partial charge in [-0.25, -0.2) is 0 Å². The van der Waals surface area contributed by atoms with Crippen LogP contribution in [-0.4, -0.2) is 53.9 Å². The van der Waals surface area contributed by atoms with E-state index >= 15 is 0 Å². The lowest BCUT2D eigenvalue weighted by Crippen LogP contribution is -2.46. The van der Waals surface area contributed by atoms with Gasteiger partial charge in [-0.15, -0.1) is 0 Å². The minimum Gasteiger partial charge on any atom is -0.508 e. The Labute approximate surface area is 296 Å². The van der Waals surface area contributed by atoms with E-state index in [9.17, 15) is 19.7 Å². The summed E-state index contributed by atoms with van der Waals surface area (Å²) in [7, 11) is 0.509. The molecule has 4 atom stereocenters. The maximum absolute atomic E-state index is 14.2. The number of hydrogen-bond acceptors (Lipinski definition) is 8. The lowest BCUT2D eigenvalue weighted by Gasteiger charge is -2.43. The lowest BCUT2D eigenvalue weighted by atomic mass is 9.58. The predicted octanol–water partition coefficient (Wildman–Crippen LogP) is 7.15. The molecule has 3 aliphatic rings. The van der Waals surface area contributed by atoms with Crippen molar-refractivity contribution >= 4 is 59.2 Å². The van der Waals surface area contributed by atoms with Crippen LogP contribution in [0.2, 0.25) is 11.3 Å². The lowest BCUT2D eigenvalue weighted by molar-refractivity contribution is -0.122. The van der Waals surface area contributed by atoms with Crippen molar-refractivity contribution in [3.05, 3.63) is 125 Å². The quantitative estimate of drug-likeness (QED) is 0.0912. The molecule has 2 fully saturated rings.